The monoisotopic (exact) mass is 276 g/mol. The fourth-order valence-corrected chi connectivity index (χ4v) is 3.43. The normalized spacial score (nSPS) is 23.6. The summed E-state index contributed by atoms with van der Waals surface area (Å²) in [5, 5.41) is 4.24. The summed E-state index contributed by atoms with van der Waals surface area (Å²) in [6, 6.07) is 2.58. The Labute approximate surface area is 120 Å². The quantitative estimate of drug-likeness (QED) is 0.835. The van der Waals surface area contributed by atoms with Crippen LogP contribution in [-0.2, 0) is 11.3 Å². The fraction of sp³-hybridized carbons (Fsp3) is 0.733. The van der Waals surface area contributed by atoms with Crippen molar-refractivity contribution in [1.29, 1.82) is 0 Å². The molecule has 1 atom stereocenters. The van der Waals surface area contributed by atoms with Crippen molar-refractivity contribution < 1.29 is 4.79 Å². The third-order valence-electron chi connectivity index (χ3n) is 4.62. The molecule has 0 N–H and O–H groups in total. The topological polar surface area (TPSA) is 41.4 Å². The summed E-state index contributed by atoms with van der Waals surface area (Å²) in [5.41, 5.74) is 1.12. The van der Waals surface area contributed by atoms with Gasteiger partial charge >= 0.3 is 0 Å². The van der Waals surface area contributed by atoms with Gasteiger partial charge in [-0.1, -0.05) is 0 Å². The molecule has 2 saturated heterocycles. The van der Waals surface area contributed by atoms with Crippen LogP contribution in [0, 0.1) is 6.92 Å². The largest absolute Gasteiger partial charge is 0.341 e. The molecule has 110 valence electrons. The number of rotatable bonds is 3. The second-order valence-electron chi connectivity index (χ2n) is 5.97. The van der Waals surface area contributed by atoms with Crippen LogP contribution in [0.2, 0.25) is 0 Å². The predicted octanol–water partition coefficient (Wildman–Crippen LogP) is 1.28. The van der Waals surface area contributed by atoms with Gasteiger partial charge in [0.1, 0.15) is 0 Å². The van der Waals surface area contributed by atoms with Gasteiger partial charge in [-0.05, 0) is 38.8 Å². The lowest BCUT2D eigenvalue weighted by Gasteiger charge is -2.25. The van der Waals surface area contributed by atoms with Gasteiger partial charge in [0.15, 0.2) is 0 Å². The van der Waals surface area contributed by atoms with Gasteiger partial charge in [-0.3, -0.25) is 14.4 Å². The molecule has 0 spiro atoms. The van der Waals surface area contributed by atoms with E-state index in [0.717, 1.165) is 31.7 Å². The van der Waals surface area contributed by atoms with Gasteiger partial charge in [-0.15, -0.1) is 0 Å². The molecule has 0 unspecified atom stereocenters. The molecule has 1 aromatic heterocycles. The smallest absolute Gasteiger partial charge is 0.224 e. The van der Waals surface area contributed by atoms with Gasteiger partial charge in [-0.25, -0.2) is 0 Å². The first-order valence-corrected chi connectivity index (χ1v) is 7.74. The van der Waals surface area contributed by atoms with Crippen molar-refractivity contribution in [2.24, 2.45) is 0 Å². The first kappa shape index (κ1) is 13.6. The first-order chi connectivity index (χ1) is 9.74. The van der Waals surface area contributed by atoms with E-state index in [1.807, 2.05) is 17.7 Å². The highest BCUT2D eigenvalue weighted by molar-refractivity contribution is 5.76. The van der Waals surface area contributed by atoms with Crippen molar-refractivity contribution in [3.8, 4) is 0 Å². The average molecular weight is 276 g/mol. The minimum atomic E-state index is 0.286. The van der Waals surface area contributed by atoms with E-state index in [2.05, 4.69) is 14.9 Å². The van der Waals surface area contributed by atoms with Crippen molar-refractivity contribution in [2.75, 3.05) is 26.2 Å². The molecule has 1 amide bonds. The molecule has 0 saturated carbocycles. The molecule has 5 heteroatoms. The van der Waals surface area contributed by atoms with Crippen LogP contribution in [0.4, 0.5) is 0 Å². The molecule has 0 radical (unpaired) electrons. The van der Waals surface area contributed by atoms with Crippen LogP contribution >= 0.6 is 0 Å². The second-order valence-corrected chi connectivity index (χ2v) is 5.97. The summed E-state index contributed by atoms with van der Waals surface area (Å²) in [4.78, 5) is 17.1. The van der Waals surface area contributed by atoms with Crippen molar-refractivity contribution in [2.45, 2.75) is 45.2 Å². The highest BCUT2D eigenvalue weighted by atomic mass is 16.2. The summed E-state index contributed by atoms with van der Waals surface area (Å²) < 4.78 is 1.91. The minimum Gasteiger partial charge on any atom is -0.341 e. The van der Waals surface area contributed by atoms with Crippen molar-refractivity contribution in [1.82, 2.24) is 19.6 Å². The van der Waals surface area contributed by atoms with Gasteiger partial charge < -0.3 is 4.90 Å². The number of carbonyl (C=O) groups is 1. The highest BCUT2D eigenvalue weighted by Gasteiger charge is 2.30. The van der Waals surface area contributed by atoms with Gasteiger partial charge in [0.05, 0.1) is 0 Å². The minimum absolute atomic E-state index is 0.286. The van der Waals surface area contributed by atoms with E-state index >= 15 is 0 Å². The maximum Gasteiger partial charge on any atom is 0.224 e. The van der Waals surface area contributed by atoms with Gasteiger partial charge in [-0.2, -0.15) is 5.10 Å². The Morgan fingerprint density at radius 2 is 2.20 bits per heavy atom. The Kier molecular flexibility index (Phi) is 4.05. The zero-order chi connectivity index (χ0) is 13.9. The molecule has 2 fully saturated rings. The molecule has 2 aliphatic heterocycles. The Morgan fingerprint density at radius 3 is 3.00 bits per heavy atom. The van der Waals surface area contributed by atoms with E-state index in [-0.39, 0.29) is 5.91 Å². The van der Waals surface area contributed by atoms with Crippen LogP contribution < -0.4 is 0 Å². The SMILES string of the molecule is Cc1ccnn1CCC(=O)N1CCCN2CCC[C@H]2C1. The zero-order valence-corrected chi connectivity index (χ0v) is 12.3. The number of hydrogen-bond donors (Lipinski definition) is 0. The molecule has 2 aliphatic rings. The maximum atomic E-state index is 12.4. The molecule has 0 bridgehead atoms. The number of aryl methyl sites for hydroxylation is 2. The number of nitrogens with zero attached hydrogens (tertiary/aromatic N) is 4. The third kappa shape index (κ3) is 2.87. The molecule has 0 aromatic carbocycles. The third-order valence-corrected chi connectivity index (χ3v) is 4.62. The number of aromatic nitrogens is 2. The maximum absolute atomic E-state index is 12.4. The zero-order valence-electron chi connectivity index (χ0n) is 12.3. The summed E-state index contributed by atoms with van der Waals surface area (Å²) in [5.74, 6) is 0.286. The molecule has 1 aromatic rings. The van der Waals surface area contributed by atoms with Crippen LogP contribution in [0.25, 0.3) is 0 Å². The van der Waals surface area contributed by atoms with E-state index in [1.165, 1.54) is 19.4 Å². The fourth-order valence-electron chi connectivity index (χ4n) is 3.43. The van der Waals surface area contributed by atoms with Crippen LogP contribution in [0.15, 0.2) is 12.3 Å². The standard InChI is InChI=1S/C15H24N4O/c1-13-5-7-16-19(13)11-6-15(20)18-10-3-9-17-8-2-4-14(17)12-18/h5,7,14H,2-4,6,8-12H2,1H3/t14-/m0/s1. The van der Waals surface area contributed by atoms with E-state index in [9.17, 15) is 4.79 Å². The first-order valence-electron chi connectivity index (χ1n) is 7.74. The number of amides is 1. The molecule has 5 nitrogen and oxygen atoms in total. The van der Waals surface area contributed by atoms with Crippen LogP contribution in [0.3, 0.4) is 0 Å². The Hall–Kier alpha value is -1.36. The van der Waals surface area contributed by atoms with E-state index in [4.69, 9.17) is 0 Å². The molecule has 0 aliphatic carbocycles. The summed E-state index contributed by atoms with van der Waals surface area (Å²) in [6.07, 6.45) is 6.02. The molecular formula is C15H24N4O. The second kappa shape index (κ2) is 5.95. The average Bonchev–Trinajstić information content (AvgIpc) is 3.00. The molecule has 20 heavy (non-hydrogen) atoms. The van der Waals surface area contributed by atoms with Crippen LogP contribution in [0.1, 0.15) is 31.4 Å². The Balaban J connectivity index is 1.55. The van der Waals surface area contributed by atoms with Gasteiger partial charge in [0.25, 0.3) is 0 Å². The number of carbonyl (C=O) groups excluding carboxylic acids is 1. The summed E-state index contributed by atoms with van der Waals surface area (Å²) >= 11 is 0. The summed E-state index contributed by atoms with van der Waals surface area (Å²) in [7, 11) is 0. The highest BCUT2D eigenvalue weighted by Crippen LogP contribution is 2.21. The Bertz CT molecular complexity index is 470. The van der Waals surface area contributed by atoms with Crippen molar-refractivity contribution in [3.05, 3.63) is 18.0 Å². The van der Waals surface area contributed by atoms with Crippen LogP contribution in [0.5, 0.6) is 0 Å². The lowest BCUT2D eigenvalue weighted by Crippen LogP contribution is -2.39. The molecule has 3 rings (SSSR count). The van der Waals surface area contributed by atoms with Gasteiger partial charge in [0.2, 0.25) is 5.91 Å². The van der Waals surface area contributed by atoms with E-state index in [1.54, 1.807) is 6.20 Å². The van der Waals surface area contributed by atoms with E-state index in [0.29, 0.717) is 19.0 Å². The molecule has 3 heterocycles. The number of fused-ring (bicyclic) bond motifs is 1. The van der Waals surface area contributed by atoms with Gasteiger partial charge in [0, 0.05) is 50.5 Å². The van der Waals surface area contributed by atoms with E-state index < -0.39 is 0 Å². The summed E-state index contributed by atoms with van der Waals surface area (Å²) in [6.45, 7) is 6.95. The van der Waals surface area contributed by atoms with Crippen molar-refractivity contribution in [3.63, 3.8) is 0 Å². The van der Waals surface area contributed by atoms with Crippen molar-refractivity contribution >= 4 is 5.91 Å². The lowest BCUT2D eigenvalue weighted by atomic mass is 10.2. The lowest BCUT2D eigenvalue weighted by molar-refractivity contribution is -0.131. The Morgan fingerprint density at radius 1 is 1.35 bits per heavy atom. The number of hydrogen-bond acceptors (Lipinski definition) is 3. The predicted molar refractivity (Wildman–Crippen MR) is 77.4 cm³/mol. The molecular weight excluding hydrogens is 252 g/mol. The van der Waals surface area contributed by atoms with Crippen LogP contribution in [-0.4, -0.2) is 57.7 Å².